The van der Waals surface area contributed by atoms with E-state index in [2.05, 4.69) is 0 Å². The lowest BCUT2D eigenvalue weighted by atomic mass is 9.96. The first kappa shape index (κ1) is 30.8. The molecule has 1 aliphatic rings. The van der Waals surface area contributed by atoms with Crippen LogP contribution in [0.5, 0.6) is 0 Å². The van der Waals surface area contributed by atoms with Gasteiger partial charge in [0, 0.05) is 6.54 Å². The molecular formula is C31H34N2O9. The van der Waals surface area contributed by atoms with Crippen LogP contribution in [0.3, 0.4) is 0 Å². The molecule has 1 fully saturated rings. The third-order valence-corrected chi connectivity index (χ3v) is 6.36. The normalized spacial score (nSPS) is 21.7. The van der Waals surface area contributed by atoms with Crippen LogP contribution in [-0.2, 0) is 28.4 Å². The van der Waals surface area contributed by atoms with Crippen molar-refractivity contribution in [1.82, 2.24) is 0 Å². The van der Waals surface area contributed by atoms with Crippen molar-refractivity contribution in [2.75, 3.05) is 33.0 Å². The second-order valence-electron chi connectivity index (χ2n) is 9.33. The molecule has 0 saturated carbocycles. The van der Waals surface area contributed by atoms with Crippen molar-refractivity contribution < 1.29 is 42.8 Å². The number of hydrogen-bond acceptors (Lipinski definition) is 11. The Kier molecular flexibility index (Phi) is 11.6. The van der Waals surface area contributed by atoms with E-state index in [0.717, 1.165) is 0 Å². The quantitative estimate of drug-likeness (QED) is 0.174. The molecule has 1 saturated heterocycles. The second-order valence-corrected chi connectivity index (χ2v) is 9.33. The Morgan fingerprint density at radius 2 is 1.17 bits per heavy atom. The number of rotatable bonds is 13. The van der Waals surface area contributed by atoms with Gasteiger partial charge in [-0.1, -0.05) is 54.6 Å². The highest BCUT2D eigenvalue weighted by molar-refractivity contribution is 5.91. The summed E-state index contributed by atoms with van der Waals surface area (Å²) in [6.45, 7) is 0.630. The molecule has 3 aromatic carbocycles. The molecule has 3 aromatic rings. The average Bonchev–Trinajstić information content (AvgIpc) is 3.03. The van der Waals surface area contributed by atoms with Crippen LogP contribution in [0.25, 0.3) is 0 Å². The lowest BCUT2D eigenvalue weighted by Gasteiger charge is -2.43. The van der Waals surface area contributed by atoms with E-state index in [9.17, 15) is 14.4 Å². The van der Waals surface area contributed by atoms with Gasteiger partial charge in [-0.05, 0) is 36.4 Å². The molecule has 11 nitrogen and oxygen atoms in total. The van der Waals surface area contributed by atoms with Crippen LogP contribution >= 0.6 is 0 Å². The number of nitrogens with two attached hydrogens (primary N) is 2. The number of ether oxygens (including phenoxy) is 6. The largest absolute Gasteiger partial charge is 0.459 e. The third-order valence-electron chi connectivity index (χ3n) is 6.36. The molecule has 0 aromatic heterocycles. The molecule has 0 amide bonds. The van der Waals surface area contributed by atoms with E-state index in [4.69, 9.17) is 39.9 Å². The number of carbonyl (C=O) groups is 3. The summed E-state index contributed by atoms with van der Waals surface area (Å²) in [4.78, 5) is 39.0. The fourth-order valence-electron chi connectivity index (χ4n) is 4.25. The summed E-state index contributed by atoms with van der Waals surface area (Å²) in [7, 11) is 0. The van der Waals surface area contributed by atoms with E-state index < -0.39 is 48.6 Å². The number of hydrogen-bond donors (Lipinski definition) is 2. The highest BCUT2D eigenvalue weighted by atomic mass is 16.7. The van der Waals surface area contributed by atoms with E-state index in [1.807, 2.05) is 0 Å². The van der Waals surface area contributed by atoms with Gasteiger partial charge in [0.25, 0.3) is 0 Å². The standard InChI is InChI=1S/C31H34N2O9/c32-16-17-37-18-19-38-31-25(33)27(42-30(36)23-14-8-3-9-15-23)26(41-29(35)22-12-6-2-7-13-22)24(40-31)20-39-28(34)21-10-4-1-5-11-21/h1-15,24-27,31H,16-20,32-33H2. The second kappa shape index (κ2) is 15.8. The summed E-state index contributed by atoms with van der Waals surface area (Å²) in [6.07, 6.45) is -4.70. The van der Waals surface area contributed by atoms with Crippen LogP contribution in [0.15, 0.2) is 91.0 Å². The number of esters is 3. The van der Waals surface area contributed by atoms with Crippen molar-refractivity contribution in [1.29, 1.82) is 0 Å². The summed E-state index contributed by atoms with van der Waals surface area (Å²) in [6, 6.07) is 23.9. The van der Waals surface area contributed by atoms with E-state index >= 15 is 0 Å². The smallest absolute Gasteiger partial charge is 0.338 e. The summed E-state index contributed by atoms with van der Waals surface area (Å²) < 4.78 is 34.5. The SMILES string of the molecule is NCCOCCOC1OC(COC(=O)c2ccccc2)C(OC(=O)c2ccccc2)C(OC(=O)c2ccccc2)C1N. The molecular weight excluding hydrogens is 544 g/mol. The van der Waals surface area contributed by atoms with Gasteiger partial charge in [-0.25, -0.2) is 14.4 Å². The van der Waals surface area contributed by atoms with Crippen molar-refractivity contribution in [3.63, 3.8) is 0 Å². The van der Waals surface area contributed by atoms with Gasteiger partial charge in [0.2, 0.25) is 0 Å². The van der Waals surface area contributed by atoms with Crippen molar-refractivity contribution in [3.8, 4) is 0 Å². The molecule has 1 aliphatic heterocycles. The molecule has 5 atom stereocenters. The van der Waals surface area contributed by atoms with Crippen molar-refractivity contribution in [2.24, 2.45) is 11.5 Å². The van der Waals surface area contributed by atoms with Crippen LogP contribution in [-0.4, -0.2) is 81.5 Å². The van der Waals surface area contributed by atoms with Gasteiger partial charge >= 0.3 is 17.9 Å². The number of carbonyl (C=O) groups excluding carboxylic acids is 3. The van der Waals surface area contributed by atoms with Crippen LogP contribution in [0.1, 0.15) is 31.1 Å². The van der Waals surface area contributed by atoms with Gasteiger partial charge in [0.05, 0.1) is 42.6 Å². The predicted octanol–water partition coefficient (Wildman–Crippen LogP) is 2.34. The summed E-state index contributed by atoms with van der Waals surface area (Å²) in [5, 5.41) is 0. The van der Waals surface area contributed by atoms with Crippen molar-refractivity contribution in [2.45, 2.75) is 30.6 Å². The molecule has 0 aliphatic carbocycles. The van der Waals surface area contributed by atoms with E-state index in [-0.39, 0.29) is 30.9 Å². The monoisotopic (exact) mass is 578 g/mol. The maximum Gasteiger partial charge on any atom is 0.338 e. The Morgan fingerprint density at radius 3 is 1.69 bits per heavy atom. The number of benzene rings is 3. The Hall–Kier alpha value is -4.13. The molecule has 0 spiro atoms. The lowest BCUT2D eigenvalue weighted by molar-refractivity contribution is -0.266. The minimum Gasteiger partial charge on any atom is -0.459 e. The Bertz CT molecular complexity index is 1280. The fraction of sp³-hybridized carbons (Fsp3) is 0.323. The first-order chi connectivity index (χ1) is 20.5. The molecule has 4 N–H and O–H groups in total. The molecule has 42 heavy (non-hydrogen) atoms. The van der Waals surface area contributed by atoms with E-state index in [1.165, 1.54) is 0 Å². The Morgan fingerprint density at radius 1 is 0.667 bits per heavy atom. The fourth-order valence-corrected chi connectivity index (χ4v) is 4.25. The first-order valence-corrected chi connectivity index (χ1v) is 13.5. The van der Waals surface area contributed by atoms with Gasteiger partial charge in [0.1, 0.15) is 12.7 Å². The van der Waals surface area contributed by atoms with Gasteiger partial charge in [-0.15, -0.1) is 0 Å². The van der Waals surface area contributed by atoms with Crippen LogP contribution in [0.4, 0.5) is 0 Å². The van der Waals surface area contributed by atoms with Crippen molar-refractivity contribution >= 4 is 17.9 Å². The topological polar surface area (TPSA) is 159 Å². The molecule has 222 valence electrons. The zero-order valence-electron chi connectivity index (χ0n) is 22.9. The maximum absolute atomic E-state index is 13.2. The summed E-state index contributed by atoms with van der Waals surface area (Å²) >= 11 is 0. The Labute approximate surface area is 243 Å². The molecule has 5 unspecified atom stereocenters. The van der Waals surface area contributed by atoms with Crippen molar-refractivity contribution in [3.05, 3.63) is 108 Å². The Balaban J connectivity index is 1.60. The molecule has 1 heterocycles. The molecule has 11 heteroatoms. The molecule has 4 rings (SSSR count). The maximum atomic E-state index is 13.2. The average molecular weight is 579 g/mol. The minimum absolute atomic E-state index is 0.0860. The predicted molar refractivity (Wildman–Crippen MR) is 150 cm³/mol. The van der Waals surface area contributed by atoms with Crippen LogP contribution in [0, 0.1) is 0 Å². The van der Waals surface area contributed by atoms with Gasteiger partial charge in [-0.3, -0.25) is 0 Å². The summed E-state index contributed by atoms with van der Waals surface area (Å²) in [5.41, 5.74) is 12.8. The highest BCUT2D eigenvalue weighted by Gasteiger charge is 2.50. The highest BCUT2D eigenvalue weighted by Crippen LogP contribution is 2.28. The van der Waals surface area contributed by atoms with E-state index in [1.54, 1.807) is 91.0 Å². The first-order valence-electron chi connectivity index (χ1n) is 13.5. The summed E-state index contributed by atoms with van der Waals surface area (Å²) in [5.74, 6) is -2.01. The zero-order chi connectivity index (χ0) is 29.7. The lowest BCUT2D eigenvalue weighted by Crippen LogP contribution is -2.65. The van der Waals surface area contributed by atoms with Gasteiger partial charge in [-0.2, -0.15) is 0 Å². The third kappa shape index (κ3) is 8.44. The zero-order valence-corrected chi connectivity index (χ0v) is 22.9. The van der Waals surface area contributed by atoms with Gasteiger partial charge < -0.3 is 39.9 Å². The molecule has 0 radical (unpaired) electrons. The van der Waals surface area contributed by atoms with E-state index in [0.29, 0.717) is 18.7 Å². The minimum atomic E-state index is -1.25. The van der Waals surface area contributed by atoms with Gasteiger partial charge in [0.15, 0.2) is 18.5 Å². The van der Waals surface area contributed by atoms with Crippen LogP contribution < -0.4 is 11.5 Å². The van der Waals surface area contributed by atoms with Crippen LogP contribution in [0.2, 0.25) is 0 Å². The molecule has 0 bridgehead atoms.